The topological polar surface area (TPSA) is 60.0 Å². The summed E-state index contributed by atoms with van der Waals surface area (Å²) in [5.74, 6) is 0.749. The second kappa shape index (κ2) is 10.6. The van der Waals surface area contributed by atoms with Crippen LogP contribution in [0.2, 0.25) is 0 Å². The van der Waals surface area contributed by atoms with Crippen LogP contribution in [0.5, 0.6) is 5.75 Å². The van der Waals surface area contributed by atoms with Crippen molar-refractivity contribution < 1.29 is 19.3 Å². The minimum Gasteiger partial charge on any atom is -0.491 e. The van der Waals surface area contributed by atoms with Crippen LogP contribution < -0.4 is 10.1 Å². The molecular weight excluding hydrogens is 270 g/mol. The smallest absolute Gasteiger partial charge is 0.119 e. The van der Waals surface area contributed by atoms with E-state index < -0.39 is 6.10 Å². The Balaban J connectivity index is 2.24. The molecule has 0 saturated carbocycles. The van der Waals surface area contributed by atoms with Gasteiger partial charge in [0.25, 0.3) is 0 Å². The first kappa shape index (κ1) is 17.9. The van der Waals surface area contributed by atoms with E-state index in [9.17, 15) is 5.11 Å². The van der Waals surface area contributed by atoms with Gasteiger partial charge in [0, 0.05) is 19.7 Å². The van der Waals surface area contributed by atoms with E-state index in [-0.39, 0.29) is 6.61 Å². The predicted octanol–water partition coefficient (Wildman–Crippen LogP) is 1.59. The molecule has 1 aromatic rings. The second-order valence-corrected chi connectivity index (χ2v) is 5.22. The molecule has 1 rings (SSSR count). The highest BCUT2D eigenvalue weighted by atomic mass is 16.5. The quantitative estimate of drug-likeness (QED) is 0.607. The number of hydrogen-bond donors (Lipinski definition) is 2. The van der Waals surface area contributed by atoms with Gasteiger partial charge in [0.05, 0.1) is 19.8 Å². The van der Waals surface area contributed by atoms with Crippen LogP contribution in [-0.4, -0.2) is 50.7 Å². The fourth-order valence-electron chi connectivity index (χ4n) is 1.64. The van der Waals surface area contributed by atoms with Crippen molar-refractivity contribution >= 4 is 0 Å². The molecule has 0 aliphatic rings. The molecule has 1 aromatic carbocycles. The summed E-state index contributed by atoms with van der Waals surface area (Å²) < 4.78 is 15.9. The molecule has 0 bridgehead atoms. The SMILES string of the molecule is COCCOCc1ccc(OC[C@@H](O)CNC(C)C)cc1. The van der Waals surface area contributed by atoms with Gasteiger partial charge >= 0.3 is 0 Å². The Hall–Kier alpha value is -1.14. The molecule has 0 spiro atoms. The van der Waals surface area contributed by atoms with Gasteiger partial charge in [-0.1, -0.05) is 26.0 Å². The number of methoxy groups -OCH3 is 1. The second-order valence-electron chi connectivity index (χ2n) is 5.22. The summed E-state index contributed by atoms with van der Waals surface area (Å²) in [6.45, 7) is 6.65. The van der Waals surface area contributed by atoms with E-state index in [0.717, 1.165) is 11.3 Å². The Morgan fingerprint density at radius 3 is 2.48 bits per heavy atom. The molecule has 0 saturated heterocycles. The molecule has 120 valence electrons. The number of benzene rings is 1. The first-order valence-corrected chi connectivity index (χ1v) is 7.31. The summed E-state index contributed by atoms with van der Waals surface area (Å²) in [4.78, 5) is 0. The van der Waals surface area contributed by atoms with E-state index in [0.29, 0.717) is 32.4 Å². The number of rotatable bonds is 11. The molecule has 5 nitrogen and oxygen atoms in total. The molecule has 2 N–H and O–H groups in total. The molecule has 0 aliphatic carbocycles. The van der Waals surface area contributed by atoms with Crippen LogP contribution in [0.25, 0.3) is 0 Å². The first-order chi connectivity index (χ1) is 10.1. The lowest BCUT2D eigenvalue weighted by Gasteiger charge is -2.15. The molecule has 1 atom stereocenters. The summed E-state index contributed by atoms with van der Waals surface area (Å²) in [5.41, 5.74) is 1.08. The summed E-state index contributed by atoms with van der Waals surface area (Å²) in [6, 6.07) is 8.05. The van der Waals surface area contributed by atoms with Crippen molar-refractivity contribution in [2.24, 2.45) is 0 Å². The highest BCUT2D eigenvalue weighted by molar-refractivity contribution is 5.26. The van der Waals surface area contributed by atoms with E-state index >= 15 is 0 Å². The average Bonchev–Trinajstić information content (AvgIpc) is 2.48. The maximum Gasteiger partial charge on any atom is 0.119 e. The van der Waals surface area contributed by atoms with Gasteiger partial charge in [-0.15, -0.1) is 0 Å². The largest absolute Gasteiger partial charge is 0.491 e. The van der Waals surface area contributed by atoms with Crippen LogP contribution in [-0.2, 0) is 16.1 Å². The molecule has 21 heavy (non-hydrogen) atoms. The third-order valence-corrected chi connectivity index (χ3v) is 2.83. The molecule has 0 fully saturated rings. The molecule has 0 heterocycles. The van der Waals surface area contributed by atoms with Crippen molar-refractivity contribution in [3.05, 3.63) is 29.8 Å². The summed E-state index contributed by atoms with van der Waals surface area (Å²) in [7, 11) is 1.65. The molecule has 0 amide bonds. The Labute approximate surface area is 127 Å². The van der Waals surface area contributed by atoms with Gasteiger partial charge in [-0.25, -0.2) is 0 Å². The zero-order valence-electron chi connectivity index (χ0n) is 13.2. The normalized spacial score (nSPS) is 12.6. The number of hydrogen-bond acceptors (Lipinski definition) is 5. The summed E-state index contributed by atoms with van der Waals surface area (Å²) in [6.07, 6.45) is -0.510. The van der Waals surface area contributed by atoms with E-state index in [1.165, 1.54) is 0 Å². The maximum atomic E-state index is 9.76. The number of ether oxygens (including phenoxy) is 3. The third-order valence-electron chi connectivity index (χ3n) is 2.83. The number of nitrogens with one attached hydrogen (secondary N) is 1. The molecule has 0 unspecified atom stereocenters. The van der Waals surface area contributed by atoms with Crippen molar-refractivity contribution in [1.82, 2.24) is 5.32 Å². The summed E-state index contributed by atoms with van der Waals surface area (Å²) in [5, 5.41) is 12.9. The van der Waals surface area contributed by atoms with Gasteiger partial charge in [0.15, 0.2) is 0 Å². The van der Waals surface area contributed by atoms with Crippen LogP contribution in [0, 0.1) is 0 Å². The molecule has 0 aliphatic heterocycles. The molecule has 0 radical (unpaired) electrons. The fraction of sp³-hybridized carbons (Fsp3) is 0.625. The third kappa shape index (κ3) is 8.67. The molecule has 0 aromatic heterocycles. The van der Waals surface area contributed by atoms with Gasteiger partial charge in [-0.3, -0.25) is 0 Å². The van der Waals surface area contributed by atoms with Gasteiger partial charge in [-0.05, 0) is 17.7 Å². The standard InChI is InChI=1S/C16H27NO4/c1-13(2)17-10-15(18)12-21-16-6-4-14(5-7-16)11-20-9-8-19-3/h4-7,13,15,17-18H,8-12H2,1-3H3/t15-/m0/s1. The van der Waals surface area contributed by atoms with E-state index in [2.05, 4.69) is 5.32 Å². The number of aliphatic hydroxyl groups excluding tert-OH is 1. The van der Waals surface area contributed by atoms with Gasteiger partial charge < -0.3 is 24.6 Å². The van der Waals surface area contributed by atoms with E-state index in [1.807, 2.05) is 38.1 Å². The molecule has 5 heteroatoms. The Morgan fingerprint density at radius 2 is 1.86 bits per heavy atom. The van der Waals surface area contributed by atoms with Crippen LogP contribution in [0.4, 0.5) is 0 Å². The van der Waals surface area contributed by atoms with Crippen molar-refractivity contribution in [2.45, 2.75) is 32.6 Å². The fourth-order valence-corrected chi connectivity index (χ4v) is 1.64. The monoisotopic (exact) mass is 297 g/mol. The number of aliphatic hydroxyl groups is 1. The highest BCUT2D eigenvalue weighted by Gasteiger charge is 2.06. The maximum absolute atomic E-state index is 9.76. The Bertz CT molecular complexity index is 367. The van der Waals surface area contributed by atoms with Gasteiger partial charge in [0.1, 0.15) is 18.5 Å². The zero-order valence-corrected chi connectivity index (χ0v) is 13.2. The minimum absolute atomic E-state index is 0.281. The van der Waals surface area contributed by atoms with E-state index in [1.54, 1.807) is 7.11 Å². The lowest BCUT2D eigenvalue weighted by molar-refractivity contribution is 0.0616. The minimum atomic E-state index is -0.510. The molecular formula is C16H27NO4. The zero-order chi connectivity index (χ0) is 15.5. The van der Waals surface area contributed by atoms with Crippen LogP contribution in [0.15, 0.2) is 24.3 Å². The van der Waals surface area contributed by atoms with Crippen molar-refractivity contribution in [2.75, 3.05) is 33.5 Å². The van der Waals surface area contributed by atoms with E-state index in [4.69, 9.17) is 14.2 Å². The highest BCUT2D eigenvalue weighted by Crippen LogP contribution is 2.13. The van der Waals surface area contributed by atoms with Crippen molar-refractivity contribution in [3.63, 3.8) is 0 Å². The van der Waals surface area contributed by atoms with Crippen molar-refractivity contribution in [1.29, 1.82) is 0 Å². The first-order valence-electron chi connectivity index (χ1n) is 7.31. The Kier molecular flexibility index (Phi) is 9.01. The predicted molar refractivity (Wildman–Crippen MR) is 82.6 cm³/mol. The van der Waals surface area contributed by atoms with Crippen LogP contribution >= 0.6 is 0 Å². The van der Waals surface area contributed by atoms with Gasteiger partial charge in [0.2, 0.25) is 0 Å². The lowest BCUT2D eigenvalue weighted by Crippen LogP contribution is -2.35. The lowest BCUT2D eigenvalue weighted by atomic mass is 10.2. The summed E-state index contributed by atoms with van der Waals surface area (Å²) >= 11 is 0. The van der Waals surface area contributed by atoms with Gasteiger partial charge in [-0.2, -0.15) is 0 Å². The average molecular weight is 297 g/mol. The van der Waals surface area contributed by atoms with Crippen LogP contribution in [0.3, 0.4) is 0 Å². The van der Waals surface area contributed by atoms with Crippen molar-refractivity contribution in [3.8, 4) is 5.75 Å². The van der Waals surface area contributed by atoms with Crippen LogP contribution in [0.1, 0.15) is 19.4 Å². The Morgan fingerprint density at radius 1 is 1.14 bits per heavy atom.